The van der Waals surface area contributed by atoms with Gasteiger partial charge < -0.3 is 10.1 Å². The molecule has 0 bridgehead atoms. The van der Waals surface area contributed by atoms with E-state index in [1.807, 2.05) is 37.3 Å². The molecule has 4 heteroatoms. The topological polar surface area (TPSA) is 38.3 Å². The normalized spacial score (nSPS) is 11.9. The first-order valence-corrected chi connectivity index (χ1v) is 6.24. The van der Waals surface area contributed by atoms with E-state index < -0.39 is 0 Å². The summed E-state index contributed by atoms with van der Waals surface area (Å²) >= 11 is 5.89. The third kappa shape index (κ3) is 6.17. The molecule has 0 aromatic heterocycles. The van der Waals surface area contributed by atoms with Crippen molar-refractivity contribution >= 4 is 17.5 Å². The van der Waals surface area contributed by atoms with E-state index in [-0.39, 0.29) is 11.3 Å². The van der Waals surface area contributed by atoms with Gasteiger partial charge in [-0.1, -0.05) is 25.1 Å². The van der Waals surface area contributed by atoms with E-state index in [2.05, 4.69) is 5.32 Å². The molecule has 1 N–H and O–H groups in total. The summed E-state index contributed by atoms with van der Waals surface area (Å²) in [5, 5.41) is 2.78. The van der Waals surface area contributed by atoms with E-state index in [9.17, 15) is 4.79 Å². The molecule has 0 saturated carbocycles. The SMILES string of the molecule is CCC(Cl)CNC(=O)CCOc1ccccc1. The van der Waals surface area contributed by atoms with Gasteiger partial charge in [0, 0.05) is 6.54 Å². The van der Waals surface area contributed by atoms with Crippen molar-refractivity contribution in [1.29, 1.82) is 0 Å². The predicted molar refractivity (Wildman–Crippen MR) is 69.5 cm³/mol. The first-order chi connectivity index (χ1) is 8.22. The van der Waals surface area contributed by atoms with Gasteiger partial charge in [0.05, 0.1) is 18.4 Å². The molecule has 0 saturated heterocycles. The molecule has 0 radical (unpaired) electrons. The van der Waals surface area contributed by atoms with Crippen LogP contribution in [0.5, 0.6) is 5.75 Å². The van der Waals surface area contributed by atoms with E-state index >= 15 is 0 Å². The number of benzene rings is 1. The maximum atomic E-state index is 11.4. The van der Waals surface area contributed by atoms with Crippen molar-refractivity contribution < 1.29 is 9.53 Å². The summed E-state index contributed by atoms with van der Waals surface area (Å²) < 4.78 is 5.42. The number of amides is 1. The molecule has 0 spiro atoms. The predicted octanol–water partition coefficient (Wildman–Crippen LogP) is 2.59. The Morgan fingerprint density at radius 2 is 2.12 bits per heavy atom. The number of hydrogen-bond acceptors (Lipinski definition) is 2. The number of hydrogen-bond donors (Lipinski definition) is 1. The van der Waals surface area contributed by atoms with Crippen LogP contribution in [0.15, 0.2) is 30.3 Å². The lowest BCUT2D eigenvalue weighted by Crippen LogP contribution is -2.30. The Morgan fingerprint density at radius 3 is 2.76 bits per heavy atom. The Bertz CT molecular complexity index is 329. The molecule has 1 aromatic carbocycles. The molecule has 0 heterocycles. The molecule has 0 fully saturated rings. The fourth-order valence-electron chi connectivity index (χ4n) is 1.24. The third-order valence-corrected chi connectivity index (χ3v) is 2.77. The highest BCUT2D eigenvalue weighted by Crippen LogP contribution is 2.08. The van der Waals surface area contributed by atoms with Gasteiger partial charge in [0.15, 0.2) is 0 Å². The Morgan fingerprint density at radius 1 is 1.41 bits per heavy atom. The Kier molecular flexibility index (Phi) is 6.48. The number of carbonyl (C=O) groups excluding carboxylic acids is 1. The van der Waals surface area contributed by atoms with Crippen molar-refractivity contribution in [2.45, 2.75) is 25.1 Å². The molecule has 1 aromatic rings. The fraction of sp³-hybridized carbons (Fsp3) is 0.462. The molecule has 1 atom stereocenters. The number of para-hydroxylation sites is 1. The minimum absolute atomic E-state index is 0.00833. The monoisotopic (exact) mass is 255 g/mol. The number of nitrogens with one attached hydrogen (secondary N) is 1. The van der Waals surface area contributed by atoms with E-state index in [0.29, 0.717) is 19.6 Å². The lowest BCUT2D eigenvalue weighted by atomic mass is 10.3. The van der Waals surface area contributed by atoms with Gasteiger partial charge in [-0.25, -0.2) is 0 Å². The van der Waals surface area contributed by atoms with Crippen molar-refractivity contribution in [1.82, 2.24) is 5.32 Å². The smallest absolute Gasteiger partial charge is 0.223 e. The summed E-state index contributed by atoms with van der Waals surface area (Å²) in [7, 11) is 0. The molecule has 3 nitrogen and oxygen atoms in total. The molecule has 94 valence electrons. The van der Waals surface area contributed by atoms with E-state index in [0.717, 1.165) is 12.2 Å². The van der Waals surface area contributed by atoms with Gasteiger partial charge in [-0.2, -0.15) is 0 Å². The number of halogens is 1. The third-order valence-electron chi connectivity index (χ3n) is 2.30. The van der Waals surface area contributed by atoms with Gasteiger partial charge in [-0.05, 0) is 18.6 Å². The molecule has 1 rings (SSSR count). The first kappa shape index (κ1) is 13.8. The average Bonchev–Trinajstić information content (AvgIpc) is 2.37. The quantitative estimate of drug-likeness (QED) is 0.761. The first-order valence-electron chi connectivity index (χ1n) is 5.81. The molecule has 17 heavy (non-hydrogen) atoms. The number of carbonyl (C=O) groups is 1. The Balaban J connectivity index is 2.12. The molecular weight excluding hydrogens is 238 g/mol. The van der Waals surface area contributed by atoms with Crippen LogP contribution in [0.25, 0.3) is 0 Å². The summed E-state index contributed by atoms with van der Waals surface area (Å²) in [6.45, 7) is 2.89. The van der Waals surface area contributed by atoms with Gasteiger partial charge in [-0.3, -0.25) is 4.79 Å². The van der Waals surface area contributed by atoms with Crippen LogP contribution in [-0.4, -0.2) is 24.4 Å². The minimum atomic E-state index is -0.0277. The zero-order valence-electron chi connectivity index (χ0n) is 9.99. The van der Waals surface area contributed by atoms with E-state index in [1.54, 1.807) is 0 Å². The fourth-order valence-corrected chi connectivity index (χ4v) is 1.31. The van der Waals surface area contributed by atoms with Gasteiger partial charge >= 0.3 is 0 Å². The number of alkyl halides is 1. The number of rotatable bonds is 7. The maximum absolute atomic E-state index is 11.4. The van der Waals surface area contributed by atoms with E-state index in [1.165, 1.54) is 0 Å². The van der Waals surface area contributed by atoms with Crippen LogP contribution in [0.1, 0.15) is 19.8 Å². The second-order valence-corrected chi connectivity index (χ2v) is 4.34. The van der Waals surface area contributed by atoms with Crippen molar-refractivity contribution in [2.75, 3.05) is 13.2 Å². The van der Waals surface area contributed by atoms with Gasteiger partial charge in [-0.15, -0.1) is 11.6 Å². The second kappa shape index (κ2) is 7.96. The van der Waals surface area contributed by atoms with Crippen LogP contribution in [0.2, 0.25) is 0 Å². The summed E-state index contributed by atoms with van der Waals surface area (Å²) in [4.78, 5) is 11.4. The summed E-state index contributed by atoms with van der Waals surface area (Å²) in [5.41, 5.74) is 0. The second-order valence-electron chi connectivity index (χ2n) is 3.72. The Hall–Kier alpha value is -1.22. The van der Waals surface area contributed by atoms with Crippen LogP contribution in [0.4, 0.5) is 0 Å². The standard InChI is InChI=1S/C13H18ClNO2/c1-2-11(14)10-15-13(16)8-9-17-12-6-4-3-5-7-12/h3-7,11H,2,8-10H2,1H3,(H,15,16). The van der Waals surface area contributed by atoms with Crippen LogP contribution >= 0.6 is 11.6 Å². The van der Waals surface area contributed by atoms with Gasteiger partial charge in [0.1, 0.15) is 5.75 Å². The van der Waals surface area contributed by atoms with E-state index in [4.69, 9.17) is 16.3 Å². The van der Waals surface area contributed by atoms with Crippen molar-refractivity contribution in [3.8, 4) is 5.75 Å². The lowest BCUT2D eigenvalue weighted by molar-refractivity contribution is -0.121. The van der Waals surface area contributed by atoms with Gasteiger partial charge in [0.2, 0.25) is 5.91 Å². The highest BCUT2D eigenvalue weighted by atomic mass is 35.5. The molecule has 1 amide bonds. The van der Waals surface area contributed by atoms with Crippen molar-refractivity contribution in [3.05, 3.63) is 30.3 Å². The van der Waals surface area contributed by atoms with Crippen molar-refractivity contribution in [3.63, 3.8) is 0 Å². The zero-order chi connectivity index (χ0) is 12.5. The highest BCUT2D eigenvalue weighted by Gasteiger charge is 2.05. The van der Waals surface area contributed by atoms with Crippen LogP contribution in [0, 0.1) is 0 Å². The molecule has 1 unspecified atom stereocenters. The summed E-state index contributed by atoms with van der Waals surface area (Å²) in [6.07, 6.45) is 1.20. The average molecular weight is 256 g/mol. The zero-order valence-corrected chi connectivity index (χ0v) is 10.7. The van der Waals surface area contributed by atoms with Gasteiger partial charge in [0.25, 0.3) is 0 Å². The van der Waals surface area contributed by atoms with Crippen LogP contribution in [-0.2, 0) is 4.79 Å². The molecule has 0 aliphatic rings. The maximum Gasteiger partial charge on any atom is 0.223 e. The molecule has 0 aliphatic carbocycles. The van der Waals surface area contributed by atoms with Crippen LogP contribution in [0.3, 0.4) is 0 Å². The summed E-state index contributed by atoms with van der Waals surface area (Å²) in [5.74, 6) is 0.754. The molecule has 0 aliphatic heterocycles. The minimum Gasteiger partial charge on any atom is -0.493 e. The van der Waals surface area contributed by atoms with Crippen LogP contribution < -0.4 is 10.1 Å². The Labute approximate surface area is 107 Å². The van der Waals surface area contributed by atoms with Crippen molar-refractivity contribution in [2.24, 2.45) is 0 Å². The lowest BCUT2D eigenvalue weighted by Gasteiger charge is -2.09. The highest BCUT2D eigenvalue weighted by molar-refractivity contribution is 6.20. The number of ether oxygens (including phenoxy) is 1. The molecular formula is C13H18ClNO2. The summed E-state index contributed by atoms with van der Waals surface area (Å²) in [6, 6.07) is 9.45. The largest absolute Gasteiger partial charge is 0.493 e.